The predicted octanol–water partition coefficient (Wildman–Crippen LogP) is 0.370. The minimum Gasteiger partial charge on any atom is -0.481 e. The third-order valence-electron chi connectivity index (χ3n) is 3.65. The molecule has 0 spiro atoms. The van der Waals surface area contributed by atoms with Crippen molar-refractivity contribution in [3.05, 3.63) is 0 Å². The second-order valence-corrected chi connectivity index (χ2v) is 7.58. The lowest BCUT2D eigenvalue weighted by atomic mass is 10.1. The maximum absolute atomic E-state index is 12.4. The van der Waals surface area contributed by atoms with Crippen LogP contribution >= 0.6 is 0 Å². The van der Waals surface area contributed by atoms with E-state index in [4.69, 9.17) is 5.11 Å². The van der Waals surface area contributed by atoms with Crippen molar-refractivity contribution in [2.75, 3.05) is 25.9 Å². The van der Waals surface area contributed by atoms with Gasteiger partial charge in [-0.05, 0) is 19.3 Å². The fraction of sp³-hybridized carbons (Fsp3) is 0.846. The van der Waals surface area contributed by atoms with Gasteiger partial charge in [-0.15, -0.1) is 0 Å². The Morgan fingerprint density at radius 1 is 1.43 bits per heavy atom. The van der Waals surface area contributed by atoms with Gasteiger partial charge in [-0.1, -0.05) is 13.8 Å². The lowest BCUT2D eigenvalue weighted by Crippen LogP contribution is -2.48. The van der Waals surface area contributed by atoms with Crippen LogP contribution in [0.3, 0.4) is 0 Å². The molecule has 122 valence electrons. The summed E-state index contributed by atoms with van der Waals surface area (Å²) in [6.45, 7) is 3.74. The molecule has 1 heterocycles. The van der Waals surface area contributed by atoms with Gasteiger partial charge in [-0.2, -0.15) is 4.31 Å². The zero-order valence-corrected chi connectivity index (χ0v) is 13.6. The number of amides is 1. The summed E-state index contributed by atoms with van der Waals surface area (Å²) in [5.41, 5.74) is 0. The van der Waals surface area contributed by atoms with Crippen molar-refractivity contribution in [2.45, 2.75) is 39.2 Å². The van der Waals surface area contributed by atoms with Gasteiger partial charge in [0, 0.05) is 20.1 Å². The Morgan fingerprint density at radius 2 is 2.05 bits per heavy atom. The first-order chi connectivity index (χ1) is 9.70. The Kier molecular flexibility index (Phi) is 6.15. The van der Waals surface area contributed by atoms with E-state index in [1.807, 2.05) is 0 Å². The van der Waals surface area contributed by atoms with Crippen molar-refractivity contribution in [3.63, 3.8) is 0 Å². The summed E-state index contributed by atoms with van der Waals surface area (Å²) in [6.07, 6.45) is 1.65. The summed E-state index contributed by atoms with van der Waals surface area (Å²) < 4.78 is 25.6. The van der Waals surface area contributed by atoms with Crippen LogP contribution in [0.4, 0.5) is 0 Å². The summed E-state index contributed by atoms with van der Waals surface area (Å²) >= 11 is 0. The number of carboxylic acids is 1. The number of hydrogen-bond donors (Lipinski definition) is 1. The third-order valence-corrected chi connectivity index (χ3v) is 5.73. The Labute approximate surface area is 126 Å². The van der Waals surface area contributed by atoms with Crippen molar-refractivity contribution in [2.24, 2.45) is 5.92 Å². The monoisotopic (exact) mass is 320 g/mol. The molecule has 7 nitrogen and oxygen atoms in total. The SMILES string of the molecule is CCCS(=O)(=O)N1CCCC1C(=O)N(C)CC(C)C(=O)O. The van der Waals surface area contributed by atoms with Crippen LogP contribution in [-0.2, 0) is 19.6 Å². The number of carboxylic acid groups (broad SMARTS) is 1. The zero-order valence-electron chi connectivity index (χ0n) is 12.8. The van der Waals surface area contributed by atoms with Crippen molar-refractivity contribution in [1.82, 2.24) is 9.21 Å². The van der Waals surface area contributed by atoms with Crippen LogP contribution < -0.4 is 0 Å². The summed E-state index contributed by atoms with van der Waals surface area (Å²) in [4.78, 5) is 24.6. The van der Waals surface area contributed by atoms with Crippen molar-refractivity contribution < 1.29 is 23.1 Å². The molecule has 1 saturated heterocycles. The van der Waals surface area contributed by atoms with Gasteiger partial charge in [0.05, 0.1) is 11.7 Å². The van der Waals surface area contributed by atoms with Crippen molar-refractivity contribution >= 4 is 21.9 Å². The molecule has 0 aromatic rings. The van der Waals surface area contributed by atoms with Crippen LogP contribution in [0.1, 0.15) is 33.1 Å². The normalized spacial score (nSPS) is 21.2. The molecule has 1 amide bonds. The molecule has 2 atom stereocenters. The number of likely N-dealkylation sites (N-methyl/N-ethyl adjacent to an activating group) is 1. The Bertz CT molecular complexity index is 491. The summed E-state index contributed by atoms with van der Waals surface area (Å²) in [6, 6.07) is -0.687. The Morgan fingerprint density at radius 3 is 2.57 bits per heavy atom. The molecular formula is C13H24N2O5S. The molecule has 2 unspecified atom stereocenters. The van der Waals surface area contributed by atoms with Crippen LogP contribution in [-0.4, -0.2) is 66.5 Å². The average molecular weight is 320 g/mol. The molecule has 0 aliphatic carbocycles. The smallest absolute Gasteiger partial charge is 0.308 e. The van der Waals surface area contributed by atoms with E-state index in [1.54, 1.807) is 6.92 Å². The summed E-state index contributed by atoms with van der Waals surface area (Å²) in [5, 5.41) is 8.88. The summed E-state index contributed by atoms with van der Waals surface area (Å²) in [5.74, 6) is -1.94. The van der Waals surface area contributed by atoms with Gasteiger partial charge in [0.1, 0.15) is 6.04 Å². The molecule has 1 fully saturated rings. The Balaban J connectivity index is 2.79. The van der Waals surface area contributed by atoms with Gasteiger partial charge in [0.25, 0.3) is 0 Å². The highest BCUT2D eigenvalue weighted by molar-refractivity contribution is 7.89. The van der Waals surface area contributed by atoms with Crippen LogP contribution in [0.2, 0.25) is 0 Å². The first-order valence-corrected chi connectivity index (χ1v) is 8.79. The minimum absolute atomic E-state index is 0.0338. The second kappa shape index (κ2) is 7.22. The Hall–Kier alpha value is -1.15. The van der Waals surface area contributed by atoms with Crippen molar-refractivity contribution in [1.29, 1.82) is 0 Å². The molecule has 0 saturated carbocycles. The lowest BCUT2D eigenvalue weighted by molar-refractivity contribution is -0.143. The summed E-state index contributed by atoms with van der Waals surface area (Å²) in [7, 11) is -1.89. The highest BCUT2D eigenvalue weighted by Crippen LogP contribution is 2.23. The van der Waals surface area contributed by atoms with E-state index in [1.165, 1.54) is 23.2 Å². The molecule has 1 rings (SSSR count). The second-order valence-electron chi connectivity index (χ2n) is 5.54. The first-order valence-electron chi connectivity index (χ1n) is 7.18. The molecule has 0 radical (unpaired) electrons. The first kappa shape index (κ1) is 17.9. The third kappa shape index (κ3) is 4.41. The van der Waals surface area contributed by atoms with E-state index >= 15 is 0 Å². The predicted molar refractivity (Wildman–Crippen MR) is 78.2 cm³/mol. The number of sulfonamides is 1. The maximum atomic E-state index is 12.4. The number of rotatable bonds is 7. The van der Waals surface area contributed by atoms with E-state index in [0.717, 1.165) is 0 Å². The molecule has 1 aliphatic rings. The van der Waals surface area contributed by atoms with E-state index in [2.05, 4.69) is 0 Å². The molecular weight excluding hydrogens is 296 g/mol. The zero-order chi connectivity index (χ0) is 16.2. The van der Waals surface area contributed by atoms with Gasteiger partial charge >= 0.3 is 5.97 Å². The van der Waals surface area contributed by atoms with E-state index in [9.17, 15) is 18.0 Å². The highest BCUT2D eigenvalue weighted by Gasteiger charge is 2.39. The number of aliphatic carboxylic acids is 1. The minimum atomic E-state index is -3.41. The highest BCUT2D eigenvalue weighted by atomic mass is 32.2. The van der Waals surface area contributed by atoms with E-state index < -0.39 is 28.0 Å². The average Bonchev–Trinajstić information content (AvgIpc) is 2.87. The van der Waals surface area contributed by atoms with Crippen LogP contribution in [0.25, 0.3) is 0 Å². The van der Waals surface area contributed by atoms with Gasteiger partial charge in [-0.25, -0.2) is 8.42 Å². The number of hydrogen-bond acceptors (Lipinski definition) is 4. The fourth-order valence-corrected chi connectivity index (χ4v) is 4.27. The molecule has 0 bridgehead atoms. The molecule has 8 heteroatoms. The molecule has 21 heavy (non-hydrogen) atoms. The topological polar surface area (TPSA) is 95.0 Å². The van der Waals surface area contributed by atoms with Gasteiger partial charge in [-0.3, -0.25) is 9.59 Å². The molecule has 1 aliphatic heterocycles. The van der Waals surface area contributed by atoms with Crippen LogP contribution in [0.15, 0.2) is 0 Å². The number of nitrogens with zero attached hydrogens (tertiary/aromatic N) is 2. The van der Waals surface area contributed by atoms with Crippen molar-refractivity contribution in [3.8, 4) is 0 Å². The lowest BCUT2D eigenvalue weighted by Gasteiger charge is -2.28. The van der Waals surface area contributed by atoms with Crippen LogP contribution in [0, 0.1) is 5.92 Å². The maximum Gasteiger partial charge on any atom is 0.308 e. The molecule has 1 N–H and O–H groups in total. The van der Waals surface area contributed by atoms with Gasteiger partial charge in [0.15, 0.2) is 0 Å². The van der Waals surface area contributed by atoms with Gasteiger partial charge < -0.3 is 10.0 Å². The standard InChI is InChI=1S/C13H24N2O5S/c1-4-8-21(19,20)15-7-5-6-11(15)12(16)14(3)9-10(2)13(17)18/h10-11H,4-9H2,1-3H3,(H,17,18). The van der Waals surface area contributed by atoms with E-state index in [0.29, 0.717) is 25.8 Å². The quantitative estimate of drug-likeness (QED) is 0.731. The van der Waals surface area contributed by atoms with Gasteiger partial charge in [0.2, 0.25) is 15.9 Å². The molecule has 0 aromatic carbocycles. The molecule has 0 aromatic heterocycles. The largest absolute Gasteiger partial charge is 0.481 e. The number of carbonyl (C=O) groups excluding carboxylic acids is 1. The number of carbonyl (C=O) groups is 2. The van der Waals surface area contributed by atoms with Crippen LogP contribution in [0.5, 0.6) is 0 Å². The fourth-order valence-electron chi connectivity index (χ4n) is 2.53. The van der Waals surface area contributed by atoms with E-state index in [-0.39, 0.29) is 18.2 Å².